The Hall–Kier alpha value is -0.0500. The van der Waals surface area contributed by atoms with E-state index in [4.69, 9.17) is 0 Å². The highest BCUT2D eigenvalue weighted by Gasteiger charge is 2.44. The Morgan fingerprint density at radius 1 is 1.37 bits per heavy atom. The fourth-order valence-electron chi connectivity index (χ4n) is 3.88. The lowest BCUT2D eigenvalue weighted by atomic mass is 9.77. The second-order valence-electron chi connectivity index (χ2n) is 7.12. The van der Waals surface area contributed by atoms with Gasteiger partial charge in [-0.1, -0.05) is 49.5 Å². The molecule has 1 amide bonds. The molecule has 0 aromatic heterocycles. The number of carbonyl (C=O) groups excluding carboxylic acids is 1. The monoisotopic (exact) mass is 329 g/mol. The summed E-state index contributed by atoms with van der Waals surface area (Å²) in [5, 5.41) is 0. The molecule has 2 fully saturated rings. The molecule has 0 spiro atoms. The van der Waals surface area contributed by atoms with Gasteiger partial charge in [0.2, 0.25) is 5.91 Å². The maximum atomic E-state index is 13.0. The molecule has 3 heteroatoms. The van der Waals surface area contributed by atoms with E-state index in [2.05, 4.69) is 41.6 Å². The van der Waals surface area contributed by atoms with Gasteiger partial charge in [-0.25, -0.2) is 0 Å². The van der Waals surface area contributed by atoms with E-state index < -0.39 is 0 Å². The van der Waals surface area contributed by atoms with Crippen LogP contribution in [0, 0.1) is 17.3 Å². The van der Waals surface area contributed by atoms with E-state index in [0.29, 0.717) is 22.6 Å². The third-order valence-electron chi connectivity index (χ3n) is 4.97. The lowest BCUT2D eigenvalue weighted by Crippen LogP contribution is -2.49. The molecule has 2 rings (SSSR count). The van der Waals surface area contributed by atoms with Crippen LogP contribution in [0.5, 0.6) is 0 Å². The number of halogens is 1. The number of amides is 1. The van der Waals surface area contributed by atoms with Gasteiger partial charge in [-0.15, -0.1) is 0 Å². The van der Waals surface area contributed by atoms with E-state index in [0.717, 1.165) is 38.8 Å². The van der Waals surface area contributed by atoms with Crippen molar-refractivity contribution in [1.82, 2.24) is 4.90 Å². The molecule has 0 bridgehead atoms. The fraction of sp³-hybridized carbons (Fsp3) is 0.938. The molecule has 110 valence electrons. The molecule has 0 radical (unpaired) electrons. The fourth-order valence-corrected chi connectivity index (χ4v) is 4.49. The molecule has 1 saturated carbocycles. The maximum Gasteiger partial charge on any atom is 0.228 e. The molecule has 1 heterocycles. The van der Waals surface area contributed by atoms with Crippen LogP contribution in [0.15, 0.2) is 0 Å². The van der Waals surface area contributed by atoms with Crippen LogP contribution >= 0.6 is 15.9 Å². The standard InChI is InChI=1S/C16H28BrNO/c1-12(2)10-16(7-4-5-8-16)15(19)18-9-6-13(3)14(17)11-18/h12-14H,4-11H2,1-3H3. The van der Waals surface area contributed by atoms with Gasteiger partial charge in [0.05, 0.1) is 0 Å². The Bertz CT molecular complexity index is 323. The lowest BCUT2D eigenvalue weighted by molar-refractivity contribution is -0.144. The highest BCUT2D eigenvalue weighted by Crippen LogP contribution is 2.45. The van der Waals surface area contributed by atoms with Crippen LogP contribution in [0.2, 0.25) is 0 Å². The van der Waals surface area contributed by atoms with Crippen LogP contribution in [0.25, 0.3) is 0 Å². The molecule has 1 aliphatic carbocycles. The molecular weight excluding hydrogens is 302 g/mol. The molecule has 1 saturated heterocycles. The molecule has 2 aliphatic rings. The SMILES string of the molecule is CC(C)CC1(C(=O)N2CCC(C)C(Br)C2)CCCC1. The smallest absolute Gasteiger partial charge is 0.228 e. The van der Waals surface area contributed by atoms with E-state index in [1.165, 1.54) is 12.8 Å². The van der Waals surface area contributed by atoms with Gasteiger partial charge >= 0.3 is 0 Å². The maximum absolute atomic E-state index is 13.0. The van der Waals surface area contributed by atoms with E-state index >= 15 is 0 Å². The third kappa shape index (κ3) is 3.34. The largest absolute Gasteiger partial charge is 0.341 e. The van der Waals surface area contributed by atoms with Crippen molar-refractivity contribution in [1.29, 1.82) is 0 Å². The first-order valence-electron chi connectivity index (χ1n) is 7.88. The Kier molecular flexibility index (Phi) is 4.97. The summed E-state index contributed by atoms with van der Waals surface area (Å²) in [7, 11) is 0. The van der Waals surface area contributed by atoms with Gasteiger partial charge in [0.25, 0.3) is 0 Å². The zero-order chi connectivity index (χ0) is 14.0. The average Bonchev–Trinajstić information content (AvgIpc) is 2.80. The number of likely N-dealkylation sites (tertiary alicyclic amines) is 1. The summed E-state index contributed by atoms with van der Waals surface area (Å²) < 4.78 is 0. The Morgan fingerprint density at radius 3 is 2.53 bits per heavy atom. The van der Waals surface area contributed by atoms with E-state index in [-0.39, 0.29) is 5.41 Å². The van der Waals surface area contributed by atoms with Crippen molar-refractivity contribution in [2.24, 2.45) is 17.3 Å². The van der Waals surface area contributed by atoms with Crippen molar-refractivity contribution in [2.45, 2.75) is 64.1 Å². The molecule has 2 atom stereocenters. The van der Waals surface area contributed by atoms with Crippen LogP contribution in [-0.2, 0) is 4.79 Å². The molecule has 19 heavy (non-hydrogen) atoms. The van der Waals surface area contributed by atoms with Gasteiger partial charge in [0.15, 0.2) is 0 Å². The number of nitrogens with zero attached hydrogens (tertiary/aromatic N) is 1. The van der Waals surface area contributed by atoms with Crippen LogP contribution in [0.4, 0.5) is 0 Å². The van der Waals surface area contributed by atoms with Gasteiger partial charge in [0, 0.05) is 23.3 Å². The molecule has 2 unspecified atom stereocenters. The van der Waals surface area contributed by atoms with Gasteiger partial charge in [-0.05, 0) is 37.5 Å². The van der Waals surface area contributed by atoms with E-state index in [1.807, 2.05) is 0 Å². The van der Waals surface area contributed by atoms with E-state index in [1.54, 1.807) is 0 Å². The molecular formula is C16H28BrNO. The minimum absolute atomic E-state index is 0.0263. The quantitative estimate of drug-likeness (QED) is 0.709. The summed E-state index contributed by atoms with van der Waals surface area (Å²) in [6.45, 7) is 8.64. The normalized spacial score (nSPS) is 30.9. The number of carbonyl (C=O) groups is 1. The summed E-state index contributed by atoms with van der Waals surface area (Å²) >= 11 is 3.75. The van der Waals surface area contributed by atoms with Crippen molar-refractivity contribution < 1.29 is 4.79 Å². The van der Waals surface area contributed by atoms with E-state index in [9.17, 15) is 4.79 Å². The second-order valence-corrected chi connectivity index (χ2v) is 8.29. The highest BCUT2D eigenvalue weighted by molar-refractivity contribution is 9.09. The van der Waals surface area contributed by atoms with Crippen molar-refractivity contribution in [3.63, 3.8) is 0 Å². The van der Waals surface area contributed by atoms with Crippen molar-refractivity contribution in [3.8, 4) is 0 Å². The minimum atomic E-state index is -0.0263. The minimum Gasteiger partial charge on any atom is -0.341 e. The summed E-state index contributed by atoms with van der Waals surface area (Å²) in [5.74, 6) is 1.76. The molecule has 0 aromatic rings. The van der Waals surface area contributed by atoms with Crippen molar-refractivity contribution >= 4 is 21.8 Å². The van der Waals surface area contributed by atoms with Gasteiger partial charge in [-0.3, -0.25) is 4.79 Å². The van der Waals surface area contributed by atoms with Crippen molar-refractivity contribution in [2.75, 3.05) is 13.1 Å². The number of rotatable bonds is 3. The summed E-state index contributed by atoms with van der Waals surface area (Å²) in [6, 6.07) is 0. The predicted octanol–water partition coefficient (Wildman–Crippen LogP) is 4.22. The number of alkyl halides is 1. The van der Waals surface area contributed by atoms with Gasteiger partial charge < -0.3 is 4.90 Å². The lowest BCUT2D eigenvalue weighted by Gasteiger charge is -2.40. The first-order chi connectivity index (χ1) is 8.94. The highest BCUT2D eigenvalue weighted by atomic mass is 79.9. The summed E-state index contributed by atoms with van der Waals surface area (Å²) in [5.41, 5.74) is -0.0263. The topological polar surface area (TPSA) is 20.3 Å². The third-order valence-corrected chi connectivity index (χ3v) is 6.16. The van der Waals surface area contributed by atoms with Gasteiger partial charge in [0.1, 0.15) is 0 Å². The first kappa shape index (κ1) is 15.3. The summed E-state index contributed by atoms with van der Waals surface area (Å²) in [6.07, 6.45) is 6.91. The van der Waals surface area contributed by atoms with Gasteiger partial charge in [-0.2, -0.15) is 0 Å². The first-order valence-corrected chi connectivity index (χ1v) is 8.79. The average molecular weight is 330 g/mol. The molecule has 0 N–H and O–H groups in total. The molecule has 1 aliphatic heterocycles. The van der Waals surface area contributed by atoms with Crippen LogP contribution in [0.3, 0.4) is 0 Å². The summed E-state index contributed by atoms with van der Waals surface area (Å²) in [4.78, 5) is 15.6. The Labute approximate surface area is 126 Å². The molecule has 2 nitrogen and oxygen atoms in total. The number of hydrogen-bond acceptors (Lipinski definition) is 1. The second kappa shape index (κ2) is 6.15. The number of hydrogen-bond donors (Lipinski definition) is 0. The molecule has 0 aromatic carbocycles. The van der Waals surface area contributed by atoms with Crippen molar-refractivity contribution in [3.05, 3.63) is 0 Å². The zero-order valence-corrected chi connectivity index (χ0v) is 14.2. The van der Waals surface area contributed by atoms with Crippen LogP contribution < -0.4 is 0 Å². The Balaban J connectivity index is 2.07. The Morgan fingerprint density at radius 2 is 2.00 bits per heavy atom. The van der Waals surface area contributed by atoms with Crippen LogP contribution in [-0.4, -0.2) is 28.7 Å². The number of piperidine rings is 1. The predicted molar refractivity (Wildman–Crippen MR) is 83.4 cm³/mol. The van der Waals surface area contributed by atoms with Crippen LogP contribution in [0.1, 0.15) is 59.3 Å². The zero-order valence-electron chi connectivity index (χ0n) is 12.6.